The van der Waals surface area contributed by atoms with Crippen LogP contribution < -0.4 is 5.32 Å². The molecule has 0 aromatic rings. The van der Waals surface area contributed by atoms with Crippen LogP contribution in [-0.4, -0.2) is 38.4 Å². The zero-order valence-electron chi connectivity index (χ0n) is 9.14. The Morgan fingerprint density at radius 2 is 2.00 bits per heavy atom. The molecule has 0 aliphatic carbocycles. The molecule has 0 heterocycles. The lowest BCUT2D eigenvalue weighted by molar-refractivity contribution is 0.382. The highest BCUT2D eigenvalue weighted by molar-refractivity contribution is 7.90. The molecule has 3 nitrogen and oxygen atoms in total. The van der Waals surface area contributed by atoms with Crippen molar-refractivity contribution in [2.75, 3.05) is 24.4 Å². The van der Waals surface area contributed by atoms with Crippen molar-refractivity contribution in [2.24, 2.45) is 0 Å². The Kier molecular flexibility index (Phi) is 6.02. The average Bonchev–Trinajstić information content (AvgIpc) is 2.11. The van der Waals surface area contributed by atoms with Crippen molar-refractivity contribution >= 4 is 21.4 Å². The maximum atomic E-state index is 10.8. The third-order valence-corrected chi connectivity index (χ3v) is 3.94. The van der Waals surface area contributed by atoms with E-state index in [1.165, 1.54) is 6.26 Å². The van der Waals surface area contributed by atoms with Gasteiger partial charge in [0.15, 0.2) is 0 Å². The minimum absolute atomic E-state index is 0.0704. The van der Waals surface area contributed by atoms with Gasteiger partial charge in [0, 0.05) is 17.7 Å². The zero-order chi connectivity index (χ0) is 11.2. The monoisotopic (exact) mass is 241 g/mol. The van der Waals surface area contributed by atoms with Gasteiger partial charge in [-0.25, -0.2) is 8.42 Å². The molecule has 0 radical (unpaired) electrons. The van der Waals surface area contributed by atoms with Gasteiger partial charge in [0.1, 0.15) is 9.84 Å². The molecule has 0 aliphatic heterocycles. The highest BCUT2D eigenvalue weighted by Gasteiger charge is 2.19. The molecule has 1 N–H and O–H groups in total. The molecule has 0 rings (SSSR count). The van der Waals surface area contributed by atoms with E-state index in [1.807, 2.05) is 6.92 Å². The SMILES string of the molecule is CCC(C)(CCl)NCCCS(C)(=O)=O. The normalized spacial score (nSPS) is 16.6. The van der Waals surface area contributed by atoms with Gasteiger partial charge in [-0.05, 0) is 26.3 Å². The Balaban J connectivity index is 3.74. The fraction of sp³-hybridized carbons (Fsp3) is 1.00. The Morgan fingerprint density at radius 3 is 2.36 bits per heavy atom. The van der Waals surface area contributed by atoms with Crippen LogP contribution in [0.2, 0.25) is 0 Å². The van der Waals surface area contributed by atoms with Crippen LogP contribution in [0.5, 0.6) is 0 Å². The van der Waals surface area contributed by atoms with E-state index >= 15 is 0 Å². The molecule has 0 aliphatic rings. The van der Waals surface area contributed by atoms with E-state index in [-0.39, 0.29) is 11.3 Å². The van der Waals surface area contributed by atoms with E-state index in [0.717, 1.165) is 6.42 Å². The number of nitrogens with one attached hydrogen (secondary N) is 1. The van der Waals surface area contributed by atoms with E-state index in [0.29, 0.717) is 18.8 Å². The summed E-state index contributed by atoms with van der Waals surface area (Å²) in [5, 5.41) is 3.27. The van der Waals surface area contributed by atoms with E-state index in [9.17, 15) is 8.42 Å². The summed E-state index contributed by atoms with van der Waals surface area (Å²) in [6.45, 7) is 4.80. The summed E-state index contributed by atoms with van der Waals surface area (Å²) in [5.41, 5.74) is -0.0704. The predicted octanol–water partition coefficient (Wildman–Crippen LogP) is 1.42. The minimum Gasteiger partial charge on any atom is -0.310 e. The molecule has 14 heavy (non-hydrogen) atoms. The largest absolute Gasteiger partial charge is 0.310 e. The Bertz CT molecular complexity index is 248. The first-order chi connectivity index (χ1) is 6.33. The summed E-state index contributed by atoms with van der Waals surface area (Å²) in [7, 11) is -2.83. The smallest absolute Gasteiger partial charge is 0.147 e. The number of rotatable bonds is 7. The van der Waals surface area contributed by atoms with Crippen molar-refractivity contribution in [1.29, 1.82) is 0 Å². The molecule has 0 bridgehead atoms. The van der Waals surface area contributed by atoms with E-state index in [1.54, 1.807) is 0 Å². The number of sulfone groups is 1. The summed E-state index contributed by atoms with van der Waals surface area (Å²) >= 11 is 5.80. The Labute approximate surface area is 92.1 Å². The molecule has 5 heteroatoms. The van der Waals surface area contributed by atoms with E-state index in [2.05, 4.69) is 12.2 Å². The first-order valence-electron chi connectivity index (χ1n) is 4.82. The van der Waals surface area contributed by atoms with Gasteiger partial charge in [0.05, 0.1) is 5.75 Å². The molecule has 1 unspecified atom stereocenters. The lowest BCUT2D eigenvalue weighted by Gasteiger charge is -2.27. The van der Waals surface area contributed by atoms with Gasteiger partial charge < -0.3 is 5.32 Å². The van der Waals surface area contributed by atoms with Gasteiger partial charge in [-0.3, -0.25) is 0 Å². The van der Waals surface area contributed by atoms with Crippen molar-refractivity contribution in [1.82, 2.24) is 5.32 Å². The van der Waals surface area contributed by atoms with Gasteiger partial charge in [0.2, 0.25) is 0 Å². The molecule has 0 saturated carbocycles. The first kappa shape index (κ1) is 14.2. The standard InChI is InChI=1S/C9H20ClNO2S/c1-4-9(2,8-10)11-6-5-7-14(3,12)13/h11H,4-8H2,1-3H3. The molecular weight excluding hydrogens is 222 g/mol. The van der Waals surface area contributed by atoms with Crippen molar-refractivity contribution in [3.63, 3.8) is 0 Å². The van der Waals surface area contributed by atoms with Crippen LogP contribution >= 0.6 is 11.6 Å². The maximum absolute atomic E-state index is 10.8. The topological polar surface area (TPSA) is 46.2 Å². The lowest BCUT2D eigenvalue weighted by atomic mass is 10.0. The fourth-order valence-electron chi connectivity index (χ4n) is 0.991. The third-order valence-electron chi connectivity index (χ3n) is 2.32. The number of hydrogen-bond acceptors (Lipinski definition) is 3. The van der Waals surface area contributed by atoms with E-state index in [4.69, 9.17) is 11.6 Å². The van der Waals surface area contributed by atoms with Crippen LogP contribution in [0.25, 0.3) is 0 Å². The molecular formula is C9H20ClNO2S. The third kappa shape index (κ3) is 6.62. The molecule has 0 fully saturated rings. The van der Waals surface area contributed by atoms with Gasteiger partial charge >= 0.3 is 0 Å². The van der Waals surface area contributed by atoms with Crippen molar-refractivity contribution < 1.29 is 8.42 Å². The second kappa shape index (κ2) is 5.93. The second-order valence-electron chi connectivity index (χ2n) is 3.96. The number of alkyl halides is 1. The second-order valence-corrected chi connectivity index (χ2v) is 6.49. The zero-order valence-corrected chi connectivity index (χ0v) is 10.7. The van der Waals surface area contributed by atoms with Crippen LogP contribution in [-0.2, 0) is 9.84 Å². The first-order valence-corrected chi connectivity index (χ1v) is 7.41. The predicted molar refractivity (Wildman–Crippen MR) is 61.7 cm³/mol. The fourth-order valence-corrected chi connectivity index (χ4v) is 1.94. The van der Waals surface area contributed by atoms with Crippen LogP contribution in [0, 0.1) is 0 Å². The van der Waals surface area contributed by atoms with Crippen molar-refractivity contribution in [3.8, 4) is 0 Å². The molecule has 0 aromatic carbocycles. The van der Waals surface area contributed by atoms with Gasteiger partial charge in [-0.1, -0.05) is 6.92 Å². The molecule has 0 spiro atoms. The van der Waals surface area contributed by atoms with Crippen molar-refractivity contribution in [3.05, 3.63) is 0 Å². The summed E-state index contributed by atoms with van der Waals surface area (Å²) in [6.07, 6.45) is 2.84. The Morgan fingerprint density at radius 1 is 1.43 bits per heavy atom. The van der Waals surface area contributed by atoms with Gasteiger partial charge in [-0.15, -0.1) is 11.6 Å². The van der Waals surface area contributed by atoms with Gasteiger partial charge in [0.25, 0.3) is 0 Å². The summed E-state index contributed by atoms with van der Waals surface area (Å²) in [4.78, 5) is 0. The lowest BCUT2D eigenvalue weighted by Crippen LogP contribution is -2.44. The van der Waals surface area contributed by atoms with Crippen LogP contribution in [0.1, 0.15) is 26.7 Å². The quantitative estimate of drug-likeness (QED) is 0.542. The summed E-state index contributed by atoms with van der Waals surface area (Å²) < 4.78 is 21.7. The number of halogens is 1. The average molecular weight is 242 g/mol. The summed E-state index contributed by atoms with van der Waals surface area (Å²) in [5.74, 6) is 0.782. The molecule has 1 atom stereocenters. The van der Waals surface area contributed by atoms with Crippen LogP contribution in [0.4, 0.5) is 0 Å². The van der Waals surface area contributed by atoms with Crippen LogP contribution in [0.3, 0.4) is 0 Å². The maximum Gasteiger partial charge on any atom is 0.147 e. The summed E-state index contributed by atoms with van der Waals surface area (Å²) in [6, 6.07) is 0. The Hall–Kier alpha value is 0.200. The van der Waals surface area contributed by atoms with E-state index < -0.39 is 9.84 Å². The number of hydrogen-bond donors (Lipinski definition) is 1. The minimum atomic E-state index is -2.83. The van der Waals surface area contributed by atoms with Crippen molar-refractivity contribution in [2.45, 2.75) is 32.2 Å². The highest BCUT2D eigenvalue weighted by Crippen LogP contribution is 2.10. The molecule has 0 saturated heterocycles. The van der Waals surface area contributed by atoms with Gasteiger partial charge in [-0.2, -0.15) is 0 Å². The molecule has 86 valence electrons. The highest BCUT2D eigenvalue weighted by atomic mass is 35.5. The van der Waals surface area contributed by atoms with Crippen LogP contribution in [0.15, 0.2) is 0 Å². The molecule has 0 amide bonds. The molecule has 0 aromatic heterocycles.